The van der Waals surface area contributed by atoms with Gasteiger partial charge in [-0.1, -0.05) is 18.2 Å². The van der Waals surface area contributed by atoms with Gasteiger partial charge in [-0.15, -0.1) is 23.7 Å². The lowest BCUT2D eigenvalue weighted by Gasteiger charge is -2.23. The molecule has 130 valence electrons. The number of rotatable bonds is 4. The van der Waals surface area contributed by atoms with Gasteiger partial charge < -0.3 is 15.7 Å². The third-order valence-electron chi connectivity index (χ3n) is 5.35. The van der Waals surface area contributed by atoms with Crippen LogP contribution in [0.4, 0.5) is 0 Å². The number of benzene rings is 1. The summed E-state index contributed by atoms with van der Waals surface area (Å²) in [6.07, 6.45) is 2.59. The summed E-state index contributed by atoms with van der Waals surface area (Å²) < 4.78 is 1.17. The molecule has 4 nitrogen and oxygen atoms in total. The quantitative estimate of drug-likeness (QED) is 0.779. The second kappa shape index (κ2) is 7.00. The molecule has 3 N–H and O–H groups in total. The van der Waals surface area contributed by atoms with Crippen molar-refractivity contribution in [3.63, 3.8) is 0 Å². The lowest BCUT2D eigenvalue weighted by Crippen LogP contribution is -2.35. The smallest absolute Gasteiger partial charge is 0.223 e. The number of aliphatic hydroxyl groups is 1. The highest BCUT2D eigenvalue weighted by Gasteiger charge is 2.57. The predicted molar refractivity (Wildman–Crippen MR) is 99.7 cm³/mol. The second-order valence-electron chi connectivity index (χ2n) is 6.82. The average Bonchev–Trinajstić information content (AvgIpc) is 3.08. The monoisotopic (exact) mass is 366 g/mol. The van der Waals surface area contributed by atoms with Crippen LogP contribution in [0.5, 0.6) is 0 Å². The van der Waals surface area contributed by atoms with Crippen molar-refractivity contribution in [3.8, 4) is 0 Å². The Balaban J connectivity index is 0.00000169. The fourth-order valence-electron chi connectivity index (χ4n) is 3.78. The summed E-state index contributed by atoms with van der Waals surface area (Å²) in [7, 11) is 0. The molecule has 2 heterocycles. The minimum absolute atomic E-state index is 0. The van der Waals surface area contributed by atoms with Crippen LogP contribution in [0.25, 0.3) is 10.1 Å². The van der Waals surface area contributed by atoms with Crippen LogP contribution >= 0.6 is 23.7 Å². The van der Waals surface area contributed by atoms with Crippen LogP contribution in [0.15, 0.2) is 30.3 Å². The third kappa shape index (κ3) is 3.31. The summed E-state index contributed by atoms with van der Waals surface area (Å²) in [5, 5.41) is 17.8. The molecule has 2 aliphatic rings. The fraction of sp³-hybridized carbons (Fsp3) is 0.500. The number of halogens is 1. The Hall–Kier alpha value is -1.14. The molecule has 1 amide bonds. The van der Waals surface area contributed by atoms with E-state index in [0.717, 1.165) is 42.6 Å². The number of amides is 1. The van der Waals surface area contributed by atoms with Gasteiger partial charge in [0.25, 0.3) is 0 Å². The van der Waals surface area contributed by atoms with E-state index in [2.05, 4.69) is 16.7 Å². The predicted octanol–water partition coefficient (Wildman–Crippen LogP) is 2.86. The molecule has 1 aromatic heterocycles. The number of fused-ring (bicyclic) bond motifs is 1. The van der Waals surface area contributed by atoms with E-state index in [-0.39, 0.29) is 29.6 Å². The molecular weight excluding hydrogens is 344 g/mol. The Kier molecular flexibility index (Phi) is 5.16. The lowest BCUT2D eigenvalue weighted by atomic mass is 9.92. The van der Waals surface area contributed by atoms with E-state index >= 15 is 0 Å². The minimum Gasteiger partial charge on any atom is -0.386 e. The highest BCUT2D eigenvalue weighted by Crippen LogP contribution is 2.58. The maximum absolute atomic E-state index is 12.3. The summed E-state index contributed by atoms with van der Waals surface area (Å²) in [5.74, 6) is 0.270. The zero-order valence-corrected chi connectivity index (χ0v) is 15.1. The van der Waals surface area contributed by atoms with Gasteiger partial charge in [0.15, 0.2) is 0 Å². The molecule has 0 radical (unpaired) electrons. The van der Waals surface area contributed by atoms with Crippen LogP contribution in [-0.4, -0.2) is 30.6 Å². The first kappa shape index (κ1) is 17.7. The van der Waals surface area contributed by atoms with Crippen molar-refractivity contribution in [3.05, 3.63) is 35.2 Å². The van der Waals surface area contributed by atoms with E-state index in [1.807, 2.05) is 24.3 Å². The van der Waals surface area contributed by atoms with E-state index in [1.54, 1.807) is 11.3 Å². The van der Waals surface area contributed by atoms with Crippen molar-refractivity contribution < 1.29 is 9.90 Å². The van der Waals surface area contributed by atoms with Crippen LogP contribution in [-0.2, 0) is 4.79 Å². The zero-order chi connectivity index (χ0) is 15.9. The number of nitrogens with one attached hydrogen (secondary N) is 2. The van der Waals surface area contributed by atoms with Crippen molar-refractivity contribution in [1.29, 1.82) is 0 Å². The van der Waals surface area contributed by atoms with Crippen molar-refractivity contribution in [2.24, 2.45) is 11.3 Å². The Bertz CT molecular complexity index is 694. The Morgan fingerprint density at radius 3 is 2.88 bits per heavy atom. The topological polar surface area (TPSA) is 61.4 Å². The van der Waals surface area contributed by atoms with Crippen molar-refractivity contribution in [2.45, 2.75) is 25.4 Å². The molecule has 4 rings (SSSR count). The molecule has 2 atom stereocenters. The van der Waals surface area contributed by atoms with E-state index in [1.165, 1.54) is 4.70 Å². The van der Waals surface area contributed by atoms with Crippen LogP contribution in [0.3, 0.4) is 0 Å². The molecule has 2 fully saturated rings. The molecule has 1 saturated carbocycles. The van der Waals surface area contributed by atoms with Crippen molar-refractivity contribution in [2.75, 3.05) is 19.6 Å². The molecule has 1 saturated heterocycles. The highest BCUT2D eigenvalue weighted by atomic mass is 35.5. The number of aliphatic hydroxyl groups excluding tert-OH is 1. The molecule has 1 aliphatic heterocycles. The maximum atomic E-state index is 12.3. The molecule has 1 spiro atoms. The number of piperidine rings is 1. The largest absolute Gasteiger partial charge is 0.386 e. The Morgan fingerprint density at radius 2 is 2.12 bits per heavy atom. The number of hydrogen-bond acceptors (Lipinski definition) is 4. The molecule has 1 aliphatic carbocycles. The molecule has 0 bridgehead atoms. The van der Waals surface area contributed by atoms with Gasteiger partial charge in [-0.2, -0.15) is 0 Å². The summed E-state index contributed by atoms with van der Waals surface area (Å²) in [6.45, 7) is 2.35. The SMILES string of the molecule is Cl.O=C(NCC(O)c1cc2ccccc2s1)C1CC12CCNCC2. The summed E-state index contributed by atoms with van der Waals surface area (Å²) >= 11 is 1.59. The van der Waals surface area contributed by atoms with E-state index < -0.39 is 6.10 Å². The zero-order valence-electron chi connectivity index (χ0n) is 13.5. The normalized spacial score (nSPS) is 22.8. The van der Waals surface area contributed by atoms with Gasteiger partial charge in [0.2, 0.25) is 5.91 Å². The first-order valence-corrected chi connectivity index (χ1v) is 9.15. The minimum atomic E-state index is -0.626. The Morgan fingerprint density at radius 1 is 1.38 bits per heavy atom. The van der Waals surface area contributed by atoms with Crippen LogP contribution < -0.4 is 10.6 Å². The molecular formula is C18H23ClN2O2S. The molecule has 2 aromatic rings. The number of carbonyl (C=O) groups excluding carboxylic acids is 1. The average molecular weight is 367 g/mol. The summed E-state index contributed by atoms with van der Waals surface area (Å²) in [6, 6.07) is 10.1. The van der Waals surface area contributed by atoms with Gasteiger partial charge in [-0.05, 0) is 55.3 Å². The fourth-order valence-corrected chi connectivity index (χ4v) is 4.83. The third-order valence-corrected chi connectivity index (χ3v) is 6.57. The van der Waals surface area contributed by atoms with Crippen molar-refractivity contribution in [1.82, 2.24) is 10.6 Å². The first-order valence-electron chi connectivity index (χ1n) is 8.33. The molecule has 1 aromatic carbocycles. The summed E-state index contributed by atoms with van der Waals surface area (Å²) in [5.41, 5.74) is 0.248. The van der Waals surface area contributed by atoms with E-state index in [4.69, 9.17) is 0 Å². The Labute approximate surface area is 152 Å². The van der Waals surface area contributed by atoms with Crippen LogP contribution in [0, 0.1) is 11.3 Å². The molecule has 2 unspecified atom stereocenters. The second-order valence-corrected chi connectivity index (χ2v) is 7.93. The lowest BCUT2D eigenvalue weighted by molar-refractivity contribution is -0.123. The van der Waals surface area contributed by atoms with Crippen LogP contribution in [0.2, 0.25) is 0 Å². The molecule has 24 heavy (non-hydrogen) atoms. The first-order chi connectivity index (χ1) is 11.2. The van der Waals surface area contributed by atoms with Gasteiger partial charge in [0, 0.05) is 22.0 Å². The van der Waals surface area contributed by atoms with Gasteiger partial charge >= 0.3 is 0 Å². The number of carbonyl (C=O) groups is 1. The van der Waals surface area contributed by atoms with E-state index in [0.29, 0.717) is 6.54 Å². The maximum Gasteiger partial charge on any atom is 0.223 e. The van der Waals surface area contributed by atoms with E-state index in [9.17, 15) is 9.90 Å². The van der Waals surface area contributed by atoms with Crippen molar-refractivity contribution >= 4 is 39.7 Å². The standard InChI is InChI=1S/C18H22N2O2S.ClH/c21-14(16-9-12-3-1-2-4-15(12)23-16)11-20-17(22)13-10-18(13)5-7-19-8-6-18;/h1-4,9,13-14,19,21H,5-8,10-11H2,(H,20,22);1H. The van der Waals surface area contributed by atoms with Gasteiger partial charge in [0.1, 0.15) is 6.10 Å². The molecule has 6 heteroatoms. The van der Waals surface area contributed by atoms with Gasteiger partial charge in [0.05, 0.1) is 0 Å². The summed E-state index contributed by atoms with van der Waals surface area (Å²) in [4.78, 5) is 13.3. The van der Waals surface area contributed by atoms with Crippen LogP contribution in [0.1, 0.15) is 30.2 Å². The number of thiophene rings is 1. The highest BCUT2D eigenvalue weighted by molar-refractivity contribution is 7.19. The number of hydrogen-bond donors (Lipinski definition) is 3. The van der Waals surface area contributed by atoms with Gasteiger partial charge in [-0.25, -0.2) is 0 Å². The van der Waals surface area contributed by atoms with Gasteiger partial charge in [-0.3, -0.25) is 4.79 Å².